The molecule has 0 heterocycles. The first-order chi connectivity index (χ1) is 22.0. The van der Waals surface area contributed by atoms with E-state index < -0.39 is 20.0 Å². The highest BCUT2D eigenvalue weighted by molar-refractivity contribution is 7.45. The molecule has 0 saturated carbocycles. The van der Waals surface area contributed by atoms with E-state index in [0.29, 0.717) is 17.4 Å². The van der Waals surface area contributed by atoms with Crippen LogP contribution >= 0.6 is 7.82 Å². The Morgan fingerprint density at radius 1 is 0.739 bits per heavy atom. The molecule has 1 amide bonds. The van der Waals surface area contributed by atoms with Crippen molar-refractivity contribution in [2.75, 3.05) is 40.9 Å². The van der Waals surface area contributed by atoms with Crippen LogP contribution in [0.1, 0.15) is 168 Å². The van der Waals surface area contributed by atoms with Crippen molar-refractivity contribution >= 4 is 13.7 Å². The number of carbonyl (C=O) groups excluding carboxylic acids is 1. The number of unbranched alkanes of at least 4 members (excludes halogenated alkanes) is 21. The highest BCUT2D eigenvalue weighted by Crippen LogP contribution is 2.38. The van der Waals surface area contributed by atoms with Crippen molar-refractivity contribution in [2.45, 2.75) is 180 Å². The summed E-state index contributed by atoms with van der Waals surface area (Å²) in [5.41, 5.74) is 0. The predicted molar refractivity (Wildman–Crippen MR) is 192 cm³/mol. The molecule has 3 unspecified atom stereocenters. The number of likely N-dealkylation sites (N-methyl/N-ethyl adjacent to an activating group) is 1. The minimum Gasteiger partial charge on any atom is -0.756 e. The summed E-state index contributed by atoms with van der Waals surface area (Å²) in [4.78, 5) is 24.9. The first-order valence-corrected chi connectivity index (χ1v) is 20.5. The molecular formula is C37H75N2O6P. The summed E-state index contributed by atoms with van der Waals surface area (Å²) in [6, 6.07) is -0.876. The fraction of sp³-hybridized carbons (Fsp3) is 0.919. The molecule has 3 atom stereocenters. The average molecular weight is 675 g/mol. The molecule has 274 valence electrons. The maximum Gasteiger partial charge on any atom is 0.268 e. The normalized spacial score (nSPS) is 14.8. The van der Waals surface area contributed by atoms with Gasteiger partial charge >= 0.3 is 0 Å². The third-order valence-electron chi connectivity index (χ3n) is 8.50. The summed E-state index contributed by atoms with van der Waals surface area (Å²) in [5.74, 6) is -0.211. The van der Waals surface area contributed by atoms with Crippen molar-refractivity contribution in [3.8, 4) is 0 Å². The van der Waals surface area contributed by atoms with E-state index in [1.807, 2.05) is 27.2 Å². The van der Waals surface area contributed by atoms with E-state index in [0.717, 1.165) is 51.4 Å². The molecule has 0 aliphatic rings. The van der Waals surface area contributed by atoms with Crippen LogP contribution < -0.4 is 10.2 Å². The van der Waals surface area contributed by atoms with Gasteiger partial charge in [-0.1, -0.05) is 154 Å². The van der Waals surface area contributed by atoms with Crippen molar-refractivity contribution in [2.24, 2.45) is 0 Å². The Balaban J connectivity index is 4.28. The summed E-state index contributed by atoms with van der Waals surface area (Å²) >= 11 is 0. The van der Waals surface area contributed by atoms with E-state index in [1.54, 1.807) is 6.08 Å². The zero-order chi connectivity index (χ0) is 34.4. The molecule has 0 aromatic carbocycles. The van der Waals surface area contributed by atoms with Gasteiger partial charge in [-0.3, -0.25) is 9.36 Å². The number of nitrogens with one attached hydrogen (secondary N) is 1. The molecule has 0 spiro atoms. The molecule has 9 heteroatoms. The molecule has 8 nitrogen and oxygen atoms in total. The Morgan fingerprint density at radius 2 is 1.17 bits per heavy atom. The zero-order valence-corrected chi connectivity index (χ0v) is 31.7. The number of rotatable bonds is 34. The highest BCUT2D eigenvalue weighted by Gasteiger charge is 2.23. The quantitative estimate of drug-likeness (QED) is 0.0305. The Bertz CT molecular complexity index is 773. The van der Waals surface area contributed by atoms with E-state index in [2.05, 4.69) is 19.2 Å². The maximum absolute atomic E-state index is 12.6. The van der Waals surface area contributed by atoms with Gasteiger partial charge in [-0.2, -0.15) is 0 Å². The number of aliphatic hydroxyl groups is 1. The summed E-state index contributed by atoms with van der Waals surface area (Å²) in [7, 11) is 1.26. The number of hydrogen-bond donors (Lipinski definition) is 2. The van der Waals surface area contributed by atoms with Gasteiger partial charge in [0.25, 0.3) is 7.82 Å². The lowest BCUT2D eigenvalue weighted by Crippen LogP contribution is -2.45. The summed E-state index contributed by atoms with van der Waals surface area (Å²) < 4.78 is 23.0. The van der Waals surface area contributed by atoms with Crippen molar-refractivity contribution in [1.82, 2.24) is 5.32 Å². The number of amides is 1. The SMILES string of the molecule is CCCCCCCCCCCCCCCCCCC/C=C/C(O)C(COP(=O)([O-])OCC[N+](C)(C)C)NC(=O)CCCCCCC. The molecule has 0 rings (SSSR count). The molecule has 0 fully saturated rings. The number of carbonyl (C=O) groups is 1. The molecular weight excluding hydrogens is 599 g/mol. The van der Waals surface area contributed by atoms with Gasteiger partial charge < -0.3 is 28.8 Å². The number of hydrogen-bond acceptors (Lipinski definition) is 6. The van der Waals surface area contributed by atoms with Gasteiger partial charge in [0.05, 0.1) is 39.9 Å². The lowest BCUT2D eigenvalue weighted by atomic mass is 10.0. The van der Waals surface area contributed by atoms with Crippen molar-refractivity contribution in [1.29, 1.82) is 0 Å². The van der Waals surface area contributed by atoms with Crippen LogP contribution in [-0.2, 0) is 18.4 Å². The van der Waals surface area contributed by atoms with E-state index in [9.17, 15) is 19.4 Å². The predicted octanol–water partition coefficient (Wildman–Crippen LogP) is 9.00. The van der Waals surface area contributed by atoms with Crippen LogP contribution in [0.4, 0.5) is 0 Å². The molecule has 0 bridgehead atoms. The minimum atomic E-state index is -4.56. The molecule has 0 saturated heterocycles. The second kappa shape index (κ2) is 30.3. The molecule has 0 aliphatic carbocycles. The van der Waals surface area contributed by atoms with E-state index in [-0.39, 0.29) is 19.1 Å². The fourth-order valence-electron chi connectivity index (χ4n) is 5.39. The van der Waals surface area contributed by atoms with Crippen LogP contribution in [0.3, 0.4) is 0 Å². The Morgan fingerprint density at radius 3 is 1.63 bits per heavy atom. The number of aliphatic hydroxyl groups excluding tert-OH is 1. The minimum absolute atomic E-state index is 0.000870. The average Bonchev–Trinajstić information content (AvgIpc) is 2.99. The topological polar surface area (TPSA) is 108 Å². The second-order valence-electron chi connectivity index (χ2n) is 14.3. The van der Waals surface area contributed by atoms with Gasteiger partial charge in [-0.25, -0.2) is 0 Å². The van der Waals surface area contributed by atoms with Gasteiger partial charge in [0.1, 0.15) is 13.2 Å². The lowest BCUT2D eigenvalue weighted by Gasteiger charge is -2.29. The number of nitrogens with zero attached hydrogens (tertiary/aromatic N) is 1. The van der Waals surface area contributed by atoms with Crippen molar-refractivity contribution in [3.05, 3.63) is 12.2 Å². The number of phosphoric ester groups is 1. The first kappa shape index (κ1) is 45.2. The van der Waals surface area contributed by atoms with Crippen LogP contribution in [-0.4, -0.2) is 68.5 Å². The molecule has 0 aliphatic heterocycles. The Labute approximate surface area is 284 Å². The summed E-state index contributed by atoms with van der Waals surface area (Å²) in [5, 5.41) is 13.6. The Hall–Kier alpha value is -0.760. The van der Waals surface area contributed by atoms with Gasteiger partial charge in [-0.15, -0.1) is 0 Å². The number of allylic oxidation sites excluding steroid dienone is 1. The molecule has 2 N–H and O–H groups in total. The monoisotopic (exact) mass is 675 g/mol. The first-order valence-electron chi connectivity index (χ1n) is 19.1. The fourth-order valence-corrected chi connectivity index (χ4v) is 6.11. The standard InChI is InChI=1S/C37H75N2O6P/c1-6-8-10-12-13-14-15-16-17-18-19-20-21-22-23-24-25-27-28-30-36(40)35(38-37(41)31-29-26-11-9-7-2)34-45-46(42,43)44-33-32-39(3,4)5/h28,30,35-36,40H,6-27,29,31-34H2,1-5H3,(H-,38,41,42,43)/b30-28+. The van der Waals surface area contributed by atoms with E-state index in [4.69, 9.17) is 9.05 Å². The third-order valence-corrected chi connectivity index (χ3v) is 9.46. The molecule has 0 aromatic heterocycles. The summed E-state index contributed by atoms with van der Waals surface area (Å²) in [6.07, 6.45) is 31.5. The molecule has 0 aromatic rings. The number of quaternary nitrogens is 1. The zero-order valence-electron chi connectivity index (χ0n) is 30.8. The maximum atomic E-state index is 12.6. The second-order valence-corrected chi connectivity index (χ2v) is 15.7. The highest BCUT2D eigenvalue weighted by atomic mass is 31.2. The van der Waals surface area contributed by atoms with Gasteiger partial charge in [-0.05, 0) is 19.3 Å². The van der Waals surface area contributed by atoms with Crippen molar-refractivity contribution < 1.29 is 32.9 Å². The van der Waals surface area contributed by atoms with Gasteiger partial charge in [0.2, 0.25) is 5.91 Å². The van der Waals surface area contributed by atoms with E-state index in [1.165, 1.54) is 96.3 Å². The molecule has 0 radical (unpaired) electrons. The smallest absolute Gasteiger partial charge is 0.268 e. The van der Waals surface area contributed by atoms with Gasteiger partial charge in [0, 0.05) is 6.42 Å². The van der Waals surface area contributed by atoms with Crippen molar-refractivity contribution in [3.63, 3.8) is 0 Å². The van der Waals surface area contributed by atoms with Gasteiger partial charge in [0.15, 0.2) is 0 Å². The van der Waals surface area contributed by atoms with Crippen LogP contribution in [0.15, 0.2) is 12.2 Å². The van der Waals surface area contributed by atoms with E-state index >= 15 is 0 Å². The van der Waals surface area contributed by atoms with Crippen LogP contribution in [0.25, 0.3) is 0 Å². The largest absolute Gasteiger partial charge is 0.756 e. The van der Waals surface area contributed by atoms with Crippen LogP contribution in [0.5, 0.6) is 0 Å². The van der Waals surface area contributed by atoms with Crippen LogP contribution in [0.2, 0.25) is 0 Å². The lowest BCUT2D eigenvalue weighted by molar-refractivity contribution is -0.870. The number of phosphoric acid groups is 1. The third kappa shape index (κ3) is 31.8. The Kier molecular flexibility index (Phi) is 29.8. The summed E-state index contributed by atoms with van der Waals surface area (Å²) in [6.45, 7) is 4.54. The van der Waals surface area contributed by atoms with Crippen LogP contribution in [0, 0.1) is 0 Å². The molecule has 46 heavy (non-hydrogen) atoms.